The third-order valence-electron chi connectivity index (χ3n) is 5.58. The first-order valence-corrected chi connectivity index (χ1v) is 9.89. The lowest BCUT2D eigenvalue weighted by Crippen LogP contribution is -2.58. The van der Waals surface area contributed by atoms with E-state index in [1.807, 2.05) is 22.4 Å². The lowest BCUT2D eigenvalue weighted by atomic mass is 9.88. The van der Waals surface area contributed by atoms with Crippen molar-refractivity contribution in [3.63, 3.8) is 0 Å². The molecule has 1 amide bonds. The van der Waals surface area contributed by atoms with Crippen molar-refractivity contribution in [1.29, 1.82) is 0 Å². The predicted octanol–water partition coefficient (Wildman–Crippen LogP) is 2.09. The molecule has 4 heterocycles. The monoisotopic (exact) mass is 350 g/mol. The van der Waals surface area contributed by atoms with E-state index in [0.717, 1.165) is 57.1 Å². The number of likely N-dealkylation sites (tertiary alicyclic amines) is 1. The van der Waals surface area contributed by atoms with Gasteiger partial charge in [-0.15, -0.1) is 11.3 Å². The second-order valence-electron chi connectivity index (χ2n) is 7.27. The molecular formula is C18H26N2O3S. The van der Waals surface area contributed by atoms with Crippen molar-refractivity contribution in [2.24, 2.45) is 5.92 Å². The fourth-order valence-electron chi connectivity index (χ4n) is 4.11. The SMILES string of the molecule is O=C(c1cccs1)N1CCOC2(CCN(C[C@@H]3CCOC3)CC2)C1. The minimum absolute atomic E-state index is 0.131. The molecule has 3 aliphatic heterocycles. The summed E-state index contributed by atoms with van der Waals surface area (Å²) in [5.74, 6) is 0.862. The Kier molecular flexibility index (Phi) is 4.90. The normalized spacial score (nSPS) is 27.7. The molecule has 4 rings (SSSR count). The maximum absolute atomic E-state index is 12.6. The van der Waals surface area contributed by atoms with Gasteiger partial charge in [0, 0.05) is 32.8 Å². The fourth-order valence-corrected chi connectivity index (χ4v) is 4.80. The molecule has 132 valence electrons. The molecule has 0 aromatic carbocycles. The van der Waals surface area contributed by atoms with E-state index in [0.29, 0.717) is 19.1 Å². The van der Waals surface area contributed by atoms with Gasteiger partial charge in [0.25, 0.3) is 5.91 Å². The number of nitrogens with zero attached hydrogens (tertiary/aromatic N) is 2. The Morgan fingerprint density at radius 1 is 1.29 bits per heavy atom. The summed E-state index contributed by atoms with van der Waals surface area (Å²) in [7, 11) is 0. The number of amides is 1. The molecule has 0 N–H and O–H groups in total. The quantitative estimate of drug-likeness (QED) is 0.837. The summed E-state index contributed by atoms with van der Waals surface area (Å²) >= 11 is 1.53. The minimum Gasteiger partial charge on any atom is -0.381 e. The van der Waals surface area contributed by atoms with Crippen LogP contribution in [0.3, 0.4) is 0 Å². The van der Waals surface area contributed by atoms with Gasteiger partial charge in [-0.2, -0.15) is 0 Å². The van der Waals surface area contributed by atoms with Gasteiger partial charge in [0.1, 0.15) is 0 Å². The maximum Gasteiger partial charge on any atom is 0.264 e. The van der Waals surface area contributed by atoms with Crippen LogP contribution in [0.1, 0.15) is 28.9 Å². The van der Waals surface area contributed by atoms with Crippen LogP contribution in [-0.4, -0.2) is 73.9 Å². The zero-order valence-corrected chi connectivity index (χ0v) is 14.9. The van der Waals surface area contributed by atoms with E-state index < -0.39 is 0 Å². The van der Waals surface area contributed by atoms with Gasteiger partial charge in [0.05, 0.1) is 30.2 Å². The Balaban J connectivity index is 1.33. The van der Waals surface area contributed by atoms with Crippen molar-refractivity contribution in [2.45, 2.75) is 24.9 Å². The first-order valence-electron chi connectivity index (χ1n) is 9.01. The van der Waals surface area contributed by atoms with E-state index in [9.17, 15) is 4.79 Å². The highest BCUT2D eigenvalue weighted by molar-refractivity contribution is 7.12. The summed E-state index contributed by atoms with van der Waals surface area (Å²) < 4.78 is 11.7. The average molecular weight is 350 g/mol. The van der Waals surface area contributed by atoms with Crippen LogP contribution in [0.15, 0.2) is 17.5 Å². The van der Waals surface area contributed by atoms with Gasteiger partial charge in [-0.3, -0.25) is 4.79 Å². The number of rotatable bonds is 3. The van der Waals surface area contributed by atoms with Crippen molar-refractivity contribution in [1.82, 2.24) is 9.80 Å². The standard InChI is InChI=1S/C18H26N2O3S/c21-17(16-2-1-11-24-16)20-8-10-23-18(14-20)4-6-19(7-5-18)12-15-3-9-22-13-15/h1-2,11,15H,3-10,12-14H2/t15-/m0/s1. The van der Waals surface area contributed by atoms with Crippen LogP contribution in [0.4, 0.5) is 0 Å². The van der Waals surface area contributed by atoms with E-state index in [4.69, 9.17) is 9.47 Å². The van der Waals surface area contributed by atoms with Gasteiger partial charge in [-0.1, -0.05) is 6.07 Å². The number of hydrogen-bond acceptors (Lipinski definition) is 5. The third-order valence-corrected chi connectivity index (χ3v) is 6.43. The number of ether oxygens (including phenoxy) is 2. The van der Waals surface area contributed by atoms with Crippen molar-refractivity contribution >= 4 is 17.2 Å². The first-order chi connectivity index (χ1) is 11.7. The molecule has 1 aromatic heterocycles. The van der Waals surface area contributed by atoms with Crippen LogP contribution in [0.25, 0.3) is 0 Å². The first kappa shape index (κ1) is 16.5. The summed E-state index contributed by atoms with van der Waals surface area (Å²) in [4.78, 5) is 18.0. The Bertz CT molecular complexity index is 549. The molecule has 1 spiro atoms. The summed E-state index contributed by atoms with van der Waals surface area (Å²) in [5, 5.41) is 1.97. The molecular weight excluding hydrogens is 324 g/mol. The van der Waals surface area contributed by atoms with Crippen molar-refractivity contribution in [2.75, 3.05) is 52.5 Å². The van der Waals surface area contributed by atoms with Crippen LogP contribution < -0.4 is 0 Å². The summed E-state index contributed by atoms with van der Waals surface area (Å²) in [5.41, 5.74) is -0.131. The topological polar surface area (TPSA) is 42.0 Å². The number of piperidine rings is 1. The number of hydrogen-bond donors (Lipinski definition) is 0. The molecule has 3 fully saturated rings. The second-order valence-corrected chi connectivity index (χ2v) is 8.21. The van der Waals surface area contributed by atoms with E-state index in [-0.39, 0.29) is 11.5 Å². The van der Waals surface area contributed by atoms with Gasteiger partial charge in [-0.05, 0) is 36.6 Å². The van der Waals surface area contributed by atoms with Crippen LogP contribution in [-0.2, 0) is 9.47 Å². The highest BCUT2D eigenvalue weighted by Crippen LogP contribution is 2.31. The molecule has 3 saturated heterocycles. The predicted molar refractivity (Wildman–Crippen MR) is 93.5 cm³/mol. The molecule has 0 bridgehead atoms. The van der Waals surface area contributed by atoms with Crippen LogP contribution in [0, 0.1) is 5.92 Å². The molecule has 0 radical (unpaired) electrons. The highest BCUT2D eigenvalue weighted by atomic mass is 32.1. The van der Waals surface area contributed by atoms with Gasteiger partial charge < -0.3 is 19.3 Å². The Morgan fingerprint density at radius 2 is 2.17 bits per heavy atom. The molecule has 5 nitrogen and oxygen atoms in total. The van der Waals surface area contributed by atoms with Gasteiger partial charge in [0.15, 0.2) is 0 Å². The molecule has 3 aliphatic rings. The van der Waals surface area contributed by atoms with Crippen molar-refractivity contribution < 1.29 is 14.3 Å². The average Bonchev–Trinajstić information content (AvgIpc) is 3.30. The van der Waals surface area contributed by atoms with Crippen LogP contribution in [0.2, 0.25) is 0 Å². The van der Waals surface area contributed by atoms with Crippen molar-refractivity contribution in [3.8, 4) is 0 Å². The maximum atomic E-state index is 12.6. The number of thiophene rings is 1. The second kappa shape index (κ2) is 7.12. The zero-order valence-electron chi connectivity index (χ0n) is 14.1. The number of carbonyl (C=O) groups excluding carboxylic acids is 1. The zero-order chi connectivity index (χ0) is 16.4. The van der Waals surface area contributed by atoms with Crippen LogP contribution >= 0.6 is 11.3 Å². The fraction of sp³-hybridized carbons (Fsp3) is 0.722. The van der Waals surface area contributed by atoms with E-state index in [2.05, 4.69) is 4.90 Å². The highest BCUT2D eigenvalue weighted by Gasteiger charge is 2.41. The van der Waals surface area contributed by atoms with Gasteiger partial charge >= 0.3 is 0 Å². The smallest absolute Gasteiger partial charge is 0.264 e. The molecule has 1 aromatic rings. The third kappa shape index (κ3) is 3.52. The molecule has 0 unspecified atom stereocenters. The van der Waals surface area contributed by atoms with Crippen molar-refractivity contribution in [3.05, 3.63) is 22.4 Å². The van der Waals surface area contributed by atoms with E-state index in [1.165, 1.54) is 17.8 Å². The van der Waals surface area contributed by atoms with Crippen LogP contribution in [0.5, 0.6) is 0 Å². The minimum atomic E-state index is -0.131. The van der Waals surface area contributed by atoms with E-state index >= 15 is 0 Å². The lowest BCUT2D eigenvalue weighted by molar-refractivity contribution is -0.128. The van der Waals surface area contributed by atoms with E-state index in [1.54, 1.807) is 0 Å². The Hall–Kier alpha value is -0.950. The van der Waals surface area contributed by atoms with Gasteiger partial charge in [-0.25, -0.2) is 0 Å². The van der Waals surface area contributed by atoms with Gasteiger partial charge in [0.2, 0.25) is 0 Å². The molecule has 1 atom stereocenters. The Labute approximate surface area is 147 Å². The Morgan fingerprint density at radius 3 is 2.88 bits per heavy atom. The summed E-state index contributed by atoms with van der Waals surface area (Å²) in [6, 6.07) is 3.86. The number of morpholine rings is 1. The molecule has 0 aliphatic carbocycles. The molecule has 24 heavy (non-hydrogen) atoms. The largest absolute Gasteiger partial charge is 0.381 e. The molecule has 6 heteroatoms. The summed E-state index contributed by atoms with van der Waals surface area (Å²) in [6.07, 6.45) is 3.24. The lowest BCUT2D eigenvalue weighted by Gasteiger charge is -2.47. The summed E-state index contributed by atoms with van der Waals surface area (Å²) in [6.45, 7) is 7.23. The molecule has 0 saturated carbocycles. The number of carbonyl (C=O) groups is 1.